The lowest BCUT2D eigenvalue weighted by Crippen LogP contribution is -2.39. The lowest BCUT2D eigenvalue weighted by Gasteiger charge is -2.29. The summed E-state index contributed by atoms with van der Waals surface area (Å²) in [5.74, 6) is -0.602. The summed E-state index contributed by atoms with van der Waals surface area (Å²) < 4.78 is 45.3. The molecular formula is C24H27FN4O4S. The average Bonchev–Trinajstić information content (AvgIpc) is 3.16. The fourth-order valence-electron chi connectivity index (χ4n) is 3.79. The molecule has 0 fully saturated rings. The lowest BCUT2D eigenvalue weighted by molar-refractivity contribution is 0.0270. The van der Waals surface area contributed by atoms with Crippen molar-refractivity contribution in [2.45, 2.75) is 44.2 Å². The molecule has 1 aliphatic rings. The third-order valence-electron chi connectivity index (χ3n) is 5.44. The van der Waals surface area contributed by atoms with Crippen molar-refractivity contribution < 1.29 is 22.3 Å². The number of fused-ring (bicyclic) bond motifs is 1. The molecule has 0 spiro atoms. The fourth-order valence-corrected chi connectivity index (χ4v) is 4.44. The lowest BCUT2D eigenvalue weighted by atomic mass is 10.1. The first-order chi connectivity index (χ1) is 15.9. The minimum absolute atomic E-state index is 0.0506. The van der Waals surface area contributed by atoms with Crippen LogP contribution in [-0.2, 0) is 21.1 Å². The average molecular weight is 487 g/mol. The van der Waals surface area contributed by atoms with Gasteiger partial charge in [0.25, 0.3) is 0 Å². The highest BCUT2D eigenvalue weighted by molar-refractivity contribution is 7.90. The quantitative estimate of drug-likeness (QED) is 0.552. The van der Waals surface area contributed by atoms with Gasteiger partial charge in [-0.15, -0.1) is 0 Å². The monoisotopic (exact) mass is 486 g/mol. The highest BCUT2D eigenvalue weighted by Crippen LogP contribution is 2.25. The number of ether oxygens (including phenoxy) is 1. The SMILES string of the molecule is CC(C)(C)OC(=O)N1CC=C(c2cnc(Cn3ccc4cc(S(C)(=O)=O)cc(F)c43)cn2)CC1. The normalized spacial score (nSPS) is 14.9. The molecular weight excluding hydrogens is 459 g/mol. The first kappa shape index (κ1) is 23.9. The van der Waals surface area contributed by atoms with E-state index in [4.69, 9.17) is 4.74 Å². The Balaban J connectivity index is 1.47. The first-order valence-corrected chi connectivity index (χ1v) is 12.8. The molecule has 0 atom stereocenters. The van der Waals surface area contributed by atoms with Gasteiger partial charge in [-0.05, 0) is 51.0 Å². The van der Waals surface area contributed by atoms with Crippen LogP contribution in [0.25, 0.3) is 16.5 Å². The third-order valence-corrected chi connectivity index (χ3v) is 6.54. The Morgan fingerprint density at radius 1 is 1.21 bits per heavy atom. The molecule has 0 saturated heterocycles. The van der Waals surface area contributed by atoms with Crippen LogP contribution in [0.4, 0.5) is 9.18 Å². The first-order valence-electron chi connectivity index (χ1n) is 10.9. The van der Waals surface area contributed by atoms with E-state index in [0.717, 1.165) is 23.6 Å². The second-order valence-electron chi connectivity index (χ2n) is 9.36. The van der Waals surface area contributed by atoms with Crippen molar-refractivity contribution >= 4 is 32.4 Å². The van der Waals surface area contributed by atoms with E-state index in [1.165, 1.54) is 6.07 Å². The second kappa shape index (κ2) is 8.83. The van der Waals surface area contributed by atoms with Crippen LogP contribution in [0, 0.1) is 5.82 Å². The van der Waals surface area contributed by atoms with Gasteiger partial charge in [0.2, 0.25) is 0 Å². The number of hydrogen-bond acceptors (Lipinski definition) is 6. The summed E-state index contributed by atoms with van der Waals surface area (Å²) >= 11 is 0. The smallest absolute Gasteiger partial charge is 0.410 e. The Morgan fingerprint density at radius 2 is 1.97 bits per heavy atom. The predicted octanol–water partition coefficient (Wildman–Crippen LogP) is 4.05. The van der Waals surface area contributed by atoms with E-state index < -0.39 is 21.3 Å². The second-order valence-corrected chi connectivity index (χ2v) is 11.4. The van der Waals surface area contributed by atoms with Gasteiger partial charge < -0.3 is 14.2 Å². The standard InChI is InChI=1S/C24H27FN4O4S/c1-24(2,3)33-23(30)28-8-5-16(6-9-28)21-14-26-18(13-27-21)15-29-10-7-17-11-19(34(4,31)32)12-20(25)22(17)29/h5,7,10-14H,6,8-9,15H2,1-4H3. The molecule has 0 saturated carbocycles. The Hall–Kier alpha value is -3.27. The Labute approximate surface area is 198 Å². The van der Waals surface area contributed by atoms with Crippen molar-refractivity contribution in [1.29, 1.82) is 0 Å². The van der Waals surface area contributed by atoms with Crippen LogP contribution in [0.3, 0.4) is 0 Å². The van der Waals surface area contributed by atoms with Crippen LogP contribution in [0.5, 0.6) is 0 Å². The predicted molar refractivity (Wildman–Crippen MR) is 127 cm³/mol. The van der Waals surface area contributed by atoms with Crippen molar-refractivity contribution in [2.24, 2.45) is 0 Å². The van der Waals surface area contributed by atoms with E-state index in [1.54, 1.807) is 34.1 Å². The number of halogens is 1. The molecule has 1 amide bonds. The molecule has 0 radical (unpaired) electrons. The molecule has 0 unspecified atom stereocenters. The minimum Gasteiger partial charge on any atom is -0.444 e. The van der Waals surface area contributed by atoms with Crippen LogP contribution >= 0.6 is 0 Å². The largest absolute Gasteiger partial charge is 0.444 e. The topological polar surface area (TPSA) is 94.4 Å². The summed E-state index contributed by atoms with van der Waals surface area (Å²) in [7, 11) is -3.50. The van der Waals surface area contributed by atoms with Crippen LogP contribution in [0.2, 0.25) is 0 Å². The van der Waals surface area contributed by atoms with Gasteiger partial charge in [-0.2, -0.15) is 0 Å². The van der Waals surface area contributed by atoms with Crippen molar-refractivity contribution in [3.8, 4) is 0 Å². The van der Waals surface area contributed by atoms with E-state index >= 15 is 0 Å². The van der Waals surface area contributed by atoms with E-state index in [1.807, 2.05) is 26.8 Å². The molecule has 2 aromatic heterocycles. The number of rotatable bonds is 4. The van der Waals surface area contributed by atoms with Gasteiger partial charge in [0, 0.05) is 30.9 Å². The summed E-state index contributed by atoms with van der Waals surface area (Å²) in [6.45, 7) is 6.78. The number of carbonyl (C=O) groups is 1. The molecule has 10 heteroatoms. The van der Waals surface area contributed by atoms with Crippen molar-refractivity contribution in [3.63, 3.8) is 0 Å². The fraction of sp³-hybridized carbons (Fsp3) is 0.375. The molecule has 3 aromatic rings. The Kier molecular flexibility index (Phi) is 6.20. The Morgan fingerprint density at radius 3 is 2.56 bits per heavy atom. The van der Waals surface area contributed by atoms with Crippen LogP contribution < -0.4 is 0 Å². The molecule has 8 nitrogen and oxygen atoms in total. The Bertz CT molecular complexity index is 1370. The van der Waals surface area contributed by atoms with Crippen molar-refractivity contribution in [2.75, 3.05) is 19.3 Å². The van der Waals surface area contributed by atoms with E-state index in [0.29, 0.717) is 36.1 Å². The number of sulfone groups is 1. The number of aromatic nitrogens is 3. The molecule has 3 heterocycles. The number of carbonyl (C=O) groups excluding carboxylic acids is 1. The highest BCUT2D eigenvalue weighted by atomic mass is 32.2. The van der Waals surface area contributed by atoms with Gasteiger partial charge in [0.05, 0.1) is 40.7 Å². The zero-order chi connectivity index (χ0) is 24.7. The summed E-state index contributed by atoms with van der Waals surface area (Å²) in [6.07, 6.45) is 8.33. The highest BCUT2D eigenvalue weighted by Gasteiger charge is 2.24. The third kappa shape index (κ3) is 5.27. The van der Waals surface area contributed by atoms with Crippen molar-refractivity contribution in [3.05, 3.63) is 60.1 Å². The number of hydrogen-bond donors (Lipinski definition) is 0. The summed E-state index contributed by atoms with van der Waals surface area (Å²) in [5.41, 5.74) is 2.15. The van der Waals surface area contributed by atoms with Gasteiger partial charge in [-0.25, -0.2) is 17.6 Å². The summed E-state index contributed by atoms with van der Waals surface area (Å²) in [6, 6.07) is 4.19. The zero-order valence-corrected chi connectivity index (χ0v) is 20.4. The molecule has 1 aromatic carbocycles. The minimum atomic E-state index is -3.50. The molecule has 0 bridgehead atoms. The molecule has 34 heavy (non-hydrogen) atoms. The van der Waals surface area contributed by atoms with Crippen LogP contribution in [0.1, 0.15) is 38.6 Å². The maximum Gasteiger partial charge on any atom is 0.410 e. The summed E-state index contributed by atoms with van der Waals surface area (Å²) in [5, 5.41) is 0.506. The number of benzene rings is 1. The molecule has 0 aliphatic carbocycles. The van der Waals surface area contributed by atoms with Gasteiger partial charge in [0.15, 0.2) is 9.84 Å². The zero-order valence-electron chi connectivity index (χ0n) is 19.6. The van der Waals surface area contributed by atoms with Crippen molar-refractivity contribution in [1.82, 2.24) is 19.4 Å². The van der Waals surface area contributed by atoms with Crippen LogP contribution in [0.15, 0.2) is 47.8 Å². The maximum atomic E-state index is 14.7. The van der Waals surface area contributed by atoms with E-state index in [9.17, 15) is 17.6 Å². The number of nitrogens with zero attached hydrogens (tertiary/aromatic N) is 4. The summed E-state index contributed by atoms with van der Waals surface area (Å²) in [4.78, 5) is 22.8. The molecule has 4 rings (SSSR count). The van der Waals surface area contributed by atoms with Gasteiger partial charge in [0.1, 0.15) is 11.4 Å². The van der Waals surface area contributed by atoms with Crippen LogP contribution in [-0.4, -0.2) is 58.9 Å². The van der Waals surface area contributed by atoms with Gasteiger partial charge in [-0.3, -0.25) is 9.97 Å². The maximum absolute atomic E-state index is 14.7. The van der Waals surface area contributed by atoms with E-state index in [2.05, 4.69) is 9.97 Å². The molecule has 0 N–H and O–H groups in total. The molecule has 180 valence electrons. The number of amides is 1. The van der Waals surface area contributed by atoms with E-state index in [-0.39, 0.29) is 17.5 Å². The molecule has 1 aliphatic heterocycles. The van der Waals surface area contributed by atoms with Gasteiger partial charge >= 0.3 is 6.09 Å². The van der Waals surface area contributed by atoms with Gasteiger partial charge in [-0.1, -0.05) is 6.08 Å².